The fourth-order valence-electron chi connectivity index (χ4n) is 1.83. The summed E-state index contributed by atoms with van der Waals surface area (Å²) in [6.07, 6.45) is 2.59. The van der Waals surface area contributed by atoms with E-state index in [2.05, 4.69) is 22.8 Å². The molecule has 2 N–H and O–H groups in total. The molecule has 4 nitrogen and oxygen atoms in total. The topological polar surface area (TPSA) is 45.6 Å². The maximum absolute atomic E-state index is 6.08. The van der Waals surface area contributed by atoms with Gasteiger partial charge in [-0.2, -0.15) is 5.10 Å². The van der Waals surface area contributed by atoms with Gasteiger partial charge in [0, 0.05) is 10.6 Å². The van der Waals surface area contributed by atoms with Gasteiger partial charge in [0.25, 0.3) is 0 Å². The Morgan fingerprint density at radius 2 is 2.04 bits per heavy atom. The molecule has 126 valence electrons. The molecule has 2 rings (SSSR count). The first-order chi connectivity index (χ1) is 11.6. The van der Waals surface area contributed by atoms with Gasteiger partial charge in [-0.15, -0.1) is 0 Å². The maximum atomic E-state index is 6.08. The Hall–Kier alpha value is -1.82. The van der Waals surface area contributed by atoms with Gasteiger partial charge in [0.1, 0.15) is 5.75 Å². The van der Waals surface area contributed by atoms with Gasteiger partial charge < -0.3 is 10.1 Å². The standard InChI is InChI=1S/C17H17Cl2N3OS/c1-2-9-23-16-6-4-3-5-12(16)11-20-22-17(24)21-15-10-13(18)7-8-14(15)19/h3-8,10-11H,2,9H2,1H3,(H2,21,22,24)/b20-11+. The van der Waals surface area contributed by atoms with Crippen LogP contribution < -0.4 is 15.5 Å². The van der Waals surface area contributed by atoms with Gasteiger partial charge in [-0.3, -0.25) is 5.43 Å². The van der Waals surface area contributed by atoms with Crippen molar-refractivity contribution < 1.29 is 4.74 Å². The number of nitrogens with one attached hydrogen (secondary N) is 2. The van der Waals surface area contributed by atoms with Crippen molar-refractivity contribution in [3.05, 3.63) is 58.1 Å². The summed E-state index contributed by atoms with van der Waals surface area (Å²) in [6, 6.07) is 12.7. The average Bonchev–Trinajstić information content (AvgIpc) is 2.57. The van der Waals surface area contributed by atoms with Gasteiger partial charge in [-0.25, -0.2) is 0 Å². The Morgan fingerprint density at radius 1 is 1.25 bits per heavy atom. The van der Waals surface area contributed by atoms with Gasteiger partial charge in [0.15, 0.2) is 5.11 Å². The second kappa shape index (κ2) is 9.47. The number of para-hydroxylation sites is 1. The van der Waals surface area contributed by atoms with Crippen molar-refractivity contribution in [1.82, 2.24) is 5.43 Å². The van der Waals surface area contributed by atoms with E-state index in [1.54, 1.807) is 24.4 Å². The van der Waals surface area contributed by atoms with Crippen molar-refractivity contribution in [2.45, 2.75) is 13.3 Å². The third-order valence-electron chi connectivity index (χ3n) is 2.93. The molecule has 0 fully saturated rings. The first-order valence-electron chi connectivity index (χ1n) is 7.37. The lowest BCUT2D eigenvalue weighted by Gasteiger charge is -2.10. The van der Waals surface area contributed by atoms with E-state index in [0.29, 0.717) is 27.5 Å². The van der Waals surface area contributed by atoms with Crippen molar-refractivity contribution in [3.8, 4) is 5.75 Å². The zero-order chi connectivity index (χ0) is 17.4. The highest BCUT2D eigenvalue weighted by Gasteiger charge is 2.03. The molecule has 7 heteroatoms. The molecule has 0 spiro atoms. The second-order valence-electron chi connectivity index (χ2n) is 4.83. The van der Waals surface area contributed by atoms with Gasteiger partial charge >= 0.3 is 0 Å². The molecule has 0 radical (unpaired) electrons. The maximum Gasteiger partial charge on any atom is 0.191 e. The summed E-state index contributed by atoms with van der Waals surface area (Å²) in [5, 5.41) is 8.46. The Morgan fingerprint density at radius 3 is 2.83 bits per heavy atom. The summed E-state index contributed by atoms with van der Waals surface area (Å²) >= 11 is 17.2. The third kappa shape index (κ3) is 5.67. The van der Waals surface area contributed by atoms with E-state index in [1.165, 1.54) is 0 Å². The van der Waals surface area contributed by atoms with Crippen LogP contribution in [-0.4, -0.2) is 17.9 Å². The van der Waals surface area contributed by atoms with Gasteiger partial charge in [-0.05, 0) is 49.0 Å². The zero-order valence-corrected chi connectivity index (χ0v) is 15.4. The van der Waals surface area contributed by atoms with E-state index in [9.17, 15) is 0 Å². The summed E-state index contributed by atoms with van der Waals surface area (Å²) in [4.78, 5) is 0. The van der Waals surface area contributed by atoms with E-state index < -0.39 is 0 Å². The molecular weight excluding hydrogens is 365 g/mol. The van der Waals surface area contributed by atoms with Crippen LogP contribution in [0.4, 0.5) is 5.69 Å². The van der Waals surface area contributed by atoms with Crippen LogP contribution in [0.5, 0.6) is 5.75 Å². The minimum atomic E-state index is 0.308. The number of hydrogen-bond donors (Lipinski definition) is 2. The smallest absolute Gasteiger partial charge is 0.191 e. The summed E-state index contributed by atoms with van der Waals surface area (Å²) in [6.45, 7) is 2.72. The molecule has 0 amide bonds. The largest absolute Gasteiger partial charge is 0.493 e. The fourth-order valence-corrected chi connectivity index (χ4v) is 2.33. The molecule has 0 aliphatic rings. The van der Waals surface area contributed by atoms with Crippen LogP contribution in [-0.2, 0) is 0 Å². The number of nitrogens with zero attached hydrogens (tertiary/aromatic N) is 1. The molecule has 2 aromatic rings. The molecule has 0 unspecified atom stereocenters. The van der Waals surface area contributed by atoms with Crippen LogP contribution >= 0.6 is 35.4 Å². The molecule has 0 atom stereocenters. The van der Waals surface area contributed by atoms with E-state index in [0.717, 1.165) is 17.7 Å². The van der Waals surface area contributed by atoms with Crippen LogP contribution in [0.3, 0.4) is 0 Å². The lowest BCUT2D eigenvalue weighted by molar-refractivity contribution is 0.317. The van der Waals surface area contributed by atoms with Crippen LogP contribution in [0, 0.1) is 0 Å². The average molecular weight is 382 g/mol. The number of hydrazone groups is 1. The van der Waals surface area contributed by atoms with E-state index >= 15 is 0 Å². The highest BCUT2D eigenvalue weighted by atomic mass is 35.5. The minimum Gasteiger partial charge on any atom is -0.493 e. The number of thiocarbonyl (C=S) groups is 1. The fraction of sp³-hybridized carbons (Fsp3) is 0.176. The zero-order valence-electron chi connectivity index (χ0n) is 13.1. The van der Waals surface area contributed by atoms with Crippen LogP contribution in [0.2, 0.25) is 10.0 Å². The predicted molar refractivity (Wildman–Crippen MR) is 106 cm³/mol. The highest BCUT2D eigenvalue weighted by molar-refractivity contribution is 7.80. The van der Waals surface area contributed by atoms with Crippen molar-refractivity contribution in [2.75, 3.05) is 11.9 Å². The van der Waals surface area contributed by atoms with Crippen LogP contribution in [0.15, 0.2) is 47.6 Å². The first kappa shape index (κ1) is 18.5. The normalized spacial score (nSPS) is 10.6. The monoisotopic (exact) mass is 381 g/mol. The molecule has 2 aromatic carbocycles. The number of anilines is 1. The third-order valence-corrected chi connectivity index (χ3v) is 3.69. The van der Waals surface area contributed by atoms with Crippen molar-refractivity contribution in [1.29, 1.82) is 0 Å². The number of hydrogen-bond acceptors (Lipinski definition) is 3. The lowest BCUT2D eigenvalue weighted by Crippen LogP contribution is -2.24. The Labute approximate surface area is 156 Å². The molecule has 0 saturated carbocycles. The molecular formula is C17H17Cl2N3OS. The van der Waals surface area contributed by atoms with Gasteiger partial charge in [0.2, 0.25) is 0 Å². The quantitative estimate of drug-likeness (QED) is 0.414. The first-order valence-corrected chi connectivity index (χ1v) is 8.53. The number of ether oxygens (including phenoxy) is 1. The van der Waals surface area contributed by atoms with Crippen molar-refractivity contribution in [2.24, 2.45) is 5.10 Å². The molecule has 0 heterocycles. The van der Waals surface area contributed by atoms with Gasteiger partial charge in [-0.1, -0.05) is 42.3 Å². The summed E-state index contributed by atoms with van der Waals surface area (Å²) in [5.74, 6) is 0.779. The molecule has 0 bridgehead atoms. The van der Waals surface area contributed by atoms with E-state index in [-0.39, 0.29) is 0 Å². The van der Waals surface area contributed by atoms with Crippen molar-refractivity contribution in [3.63, 3.8) is 0 Å². The summed E-state index contributed by atoms with van der Waals surface area (Å²) in [7, 11) is 0. The van der Waals surface area contributed by atoms with E-state index in [1.807, 2.05) is 24.3 Å². The number of rotatable bonds is 6. The second-order valence-corrected chi connectivity index (χ2v) is 6.09. The predicted octanol–water partition coefficient (Wildman–Crippen LogP) is 5.10. The molecule has 0 aliphatic heterocycles. The van der Waals surface area contributed by atoms with Crippen LogP contribution in [0.1, 0.15) is 18.9 Å². The van der Waals surface area contributed by atoms with Gasteiger partial charge in [0.05, 0.1) is 23.5 Å². The Bertz CT molecular complexity index is 738. The molecule has 24 heavy (non-hydrogen) atoms. The Kier molecular flexibility index (Phi) is 7.31. The highest BCUT2D eigenvalue weighted by Crippen LogP contribution is 2.25. The molecule has 0 saturated heterocycles. The van der Waals surface area contributed by atoms with Crippen molar-refractivity contribution >= 4 is 52.4 Å². The van der Waals surface area contributed by atoms with E-state index in [4.69, 9.17) is 40.2 Å². The number of halogens is 2. The molecule has 0 aromatic heterocycles. The lowest BCUT2D eigenvalue weighted by atomic mass is 10.2. The minimum absolute atomic E-state index is 0.308. The Balaban J connectivity index is 1.96. The number of benzene rings is 2. The summed E-state index contributed by atoms with van der Waals surface area (Å²) < 4.78 is 5.67. The van der Waals surface area contributed by atoms with Crippen LogP contribution in [0.25, 0.3) is 0 Å². The summed E-state index contributed by atoms with van der Waals surface area (Å²) in [5.41, 5.74) is 4.22. The molecule has 0 aliphatic carbocycles. The SMILES string of the molecule is CCCOc1ccccc1/C=N/NC(=S)Nc1cc(Cl)ccc1Cl.